The van der Waals surface area contributed by atoms with Gasteiger partial charge in [0.15, 0.2) is 0 Å². The van der Waals surface area contributed by atoms with E-state index in [0.717, 1.165) is 0 Å². The fraction of sp³-hybridized carbons (Fsp3) is 0.375. The molecule has 1 N–H and O–H groups in total. The molecule has 26 heavy (non-hydrogen) atoms. The van der Waals surface area contributed by atoms with Gasteiger partial charge in [-0.1, -0.05) is 0 Å². The van der Waals surface area contributed by atoms with E-state index in [1.807, 2.05) is 0 Å². The van der Waals surface area contributed by atoms with E-state index in [4.69, 9.17) is 0 Å². The standard InChI is InChI=1S/C16H16F6N4/c1-8-5-10(15(17,18)19)13(11(6-8)16(20,21)22)25-14-23-9(2)7-12(24-14)26(3)4/h5-7H,1-4H3,(H,23,24,25). The number of anilines is 3. The second kappa shape index (κ2) is 6.65. The number of alkyl halides is 6. The largest absolute Gasteiger partial charge is 0.418 e. The monoisotopic (exact) mass is 378 g/mol. The molecular formula is C16H16F6N4. The molecule has 10 heteroatoms. The van der Waals surface area contributed by atoms with Gasteiger partial charge >= 0.3 is 12.4 Å². The summed E-state index contributed by atoms with van der Waals surface area (Å²) in [5.41, 5.74) is -3.75. The van der Waals surface area contributed by atoms with Gasteiger partial charge in [-0.15, -0.1) is 0 Å². The fourth-order valence-corrected chi connectivity index (χ4v) is 2.32. The first-order valence-corrected chi connectivity index (χ1v) is 7.38. The Morgan fingerprint density at radius 2 is 1.35 bits per heavy atom. The van der Waals surface area contributed by atoms with Crippen molar-refractivity contribution >= 4 is 17.5 Å². The SMILES string of the molecule is Cc1cc(C(F)(F)F)c(Nc2nc(C)cc(N(C)C)n2)c(C(F)(F)F)c1. The van der Waals surface area contributed by atoms with Gasteiger partial charge in [0.25, 0.3) is 0 Å². The Balaban J connectivity index is 2.68. The Kier molecular flexibility index (Phi) is 5.07. The lowest BCUT2D eigenvalue weighted by Crippen LogP contribution is -2.18. The zero-order valence-electron chi connectivity index (χ0n) is 14.3. The van der Waals surface area contributed by atoms with Crippen LogP contribution in [0.1, 0.15) is 22.4 Å². The molecule has 0 atom stereocenters. The fourth-order valence-electron chi connectivity index (χ4n) is 2.32. The van der Waals surface area contributed by atoms with Crippen molar-refractivity contribution < 1.29 is 26.3 Å². The molecule has 0 aliphatic heterocycles. The minimum absolute atomic E-state index is 0.158. The summed E-state index contributed by atoms with van der Waals surface area (Å²) < 4.78 is 80.0. The van der Waals surface area contributed by atoms with Crippen LogP contribution in [0.15, 0.2) is 18.2 Å². The molecule has 2 rings (SSSR count). The molecule has 0 aliphatic rings. The van der Waals surface area contributed by atoms with Crippen molar-refractivity contribution in [3.63, 3.8) is 0 Å². The van der Waals surface area contributed by atoms with Gasteiger partial charge in [0.2, 0.25) is 5.95 Å². The molecule has 0 saturated heterocycles. The molecule has 1 aromatic heterocycles. The number of nitrogens with zero attached hydrogens (tertiary/aromatic N) is 3. The summed E-state index contributed by atoms with van der Waals surface area (Å²) in [4.78, 5) is 9.42. The third-order valence-corrected chi connectivity index (χ3v) is 3.43. The maximum Gasteiger partial charge on any atom is 0.418 e. The summed E-state index contributed by atoms with van der Waals surface area (Å²) in [6.45, 7) is 2.73. The van der Waals surface area contributed by atoms with Crippen molar-refractivity contribution in [3.05, 3.63) is 40.6 Å². The summed E-state index contributed by atoms with van der Waals surface area (Å²) >= 11 is 0. The van der Waals surface area contributed by atoms with Crippen molar-refractivity contribution in [1.29, 1.82) is 0 Å². The normalized spacial score (nSPS) is 12.2. The minimum atomic E-state index is -4.98. The maximum atomic E-state index is 13.3. The number of hydrogen-bond acceptors (Lipinski definition) is 4. The Labute approximate surface area is 145 Å². The Morgan fingerprint density at radius 3 is 1.77 bits per heavy atom. The Bertz CT molecular complexity index is 776. The number of benzene rings is 1. The van der Waals surface area contributed by atoms with Crippen molar-refractivity contribution in [2.24, 2.45) is 0 Å². The van der Waals surface area contributed by atoms with Crippen LogP contribution in [-0.4, -0.2) is 24.1 Å². The van der Waals surface area contributed by atoms with Crippen LogP contribution in [0.2, 0.25) is 0 Å². The van der Waals surface area contributed by atoms with E-state index in [0.29, 0.717) is 23.6 Å². The third kappa shape index (κ3) is 4.36. The summed E-state index contributed by atoms with van der Waals surface area (Å²) in [6, 6.07) is 2.86. The molecule has 2 aromatic rings. The highest BCUT2D eigenvalue weighted by molar-refractivity contribution is 5.67. The van der Waals surface area contributed by atoms with E-state index in [1.54, 1.807) is 32.0 Å². The van der Waals surface area contributed by atoms with E-state index < -0.39 is 29.2 Å². The number of aryl methyl sites for hydroxylation is 2. The molecule has 0 bridgehead atoms. The minimum Gasteiger partial charge on any atom is -0.363 e. The van der Waals surface area contributed by atoms with Crippen LogP contribution in [0.4, 0.5) is 43.8 Å². The van der Waals surface area contributed by atoms with Gasteiger partial charge in [-0.3, -0.25) is 0 Å². The van der Waals surface area contributed by atoms with E-state index in [1.165, 1.54) is 6.92 Å². The van der Waals surface area contributed by atoms with Crippen molar-refractivity contribution in [3.8, 4) is 0 Å². The molecule has 0 saturated carbocycles. The van der Waals surface area contributed by atoms with E-state index in [2.05, 4.69) is 15.3 Å². The Morgan fingerprint density at radius 1 is 0.846 bits per heavy atom. The summed E-state index contributed by atoms with van der Waals surface area (Å²) in [6.07, 6.45) is -9.97. The van der Waals surface area contributed by atoms with E-state index in [-0.39, 0.29) is 11.5 Å². The molecule has 4 nitrogen and oxygen atoms in total. The average molecular weight is 378 g/mol. The van der Waals surface area contributed by atoms with Gasteiger partial charge < -0.3 is 10.2 Å². The van der Waals surface area contributed by atoms with Crippen molar-refractivity contribution in [2.45, 2.75) is 26.2 Å². The van der Waals surface area contributed by atoms with E-state index >= 15 is 0 Å². The summed E-state index contributed by atoms with van der Waals surface area (Å²) in [5.74, 6) is -0.0113. The number of halogens is 6. The van der Waals surface area contributed by atoms with Crippen LogP contribution < -0.4 is 10.2 Å². The molecule has 0 aliphatic carbocycles. The quantitative estimate of drug-likeness (QED) is 0.768. The predicted octanol–water partition coefficient (Wildman–Crippen LogP) is 4.94. The number of nitrogens with one attached hydrogen (secondary N) is 1. The van der Waals surface area contributed by atoms with Gasteiger partial charge in [-0.25, -0.2) is 4.98 Å². The van der Waals surface area contributed by atoms with Crippen LogP contribution in [0, 0.1) is 13.8 Å². The molecule has 0 unspecified atom stereocenters. The Hall–Kier alpha value is -2.52. The molecule has 142 valence electrons. The summed E-state index contributed by atoms with van der Waals surface area (Å²) in [7, 11) is 3.28. The first-order valence-electron chi connectivity index (χ1n) is 7.38. The first kappa shape index (κ1) is 19.8. The molecule has 0 amide bonds. The predicted molar refractivity (Wildman–Crippen MR) is 85.6 cm³/mol. The molecular weight excluding hydrogens is 362 g/mol. The second-order valence-electron chi connectivity index (χ2n) is 5.94. The van der Waals surface area contributed by atoms with E-state index in [9.17, 15) is 26.3 Å². The zero-order chi connectivity index (χ0) is 19.9. The second-order valence-corrected chi connectivity index (χ2v) is 5.94. The molecule has 1 aromatic carbocycles. The van der Waals surface area contributed by atoms with Crippen LogP contribution in [0.3, 0.4) is 0 Å². The van der Waals surface area contributed by atoms with Crippen LogP contribution in [0.5, 0.6) is 0 Å². The van der Waals surface area contributed by atoms with Crippen molar-refractivity contribution in [1.82, 2.24) is 9.97 Å². The van der Waals surface area contributed by atoms with Gasteiger partial charge in [-0.2, -0.15) is 31.3 Å². The smallest absolute Gasteiger partial charge is 0.363 e. The van der Waals surface area contributed by atoms with Crippen molar-refractivity contribution in [2.75, 3.05) is 24.3 Å². The topological polar surface area (TPSA) is 41.1 Å². The first-order chi connectivity index (χ1) is 11.8. The average Bonchev–Trinajstić information content (AvgIpc) is 2.45. The zero-order valence-corrected chi connectivity index (χ0v) is 14.3. The van der Waals surface area contributed by atoms with Gasteiger partial charge in [0.05, 0.1) is 16.8 Å². The lowest BCUT2D eigenvalue weighted by molar-refractivity contribution is -0.141. The molecule has 0 spiro atoms. The summed E-state index contributed by atoms with van der Waals surface area (Å²) in [5, 5.41) is 2.13. The highest BCUT2D eigenvalue weighted by atomic mass is 19.4. The van der Waals surface area contributed by atoms with Crippen LogP contribution in [0.25, 0.3) is 0 Å². The number of aromatic nitrogens is 2. The molecule has 1 heterocycles. The lowest BCUT2D eigenvalue weighted by atomic mass is 10.0. The maximum absolute atomic E-state index is 13.3. The van der Waals surface area contributed by atoms with Gasteiger partial charge in [-0.05, 0) is 31.5 Å². The third-order valence-electron chi connectivity index (χ3n) is 3.43. The number of rotatable bonds is 3. The molecule has 0 fully saturated rings. The van der Waals surface area contributed by atoms with Crippen LogP contribution in [-0.2, 0) is 12.4 Å². The van der Waals surface area contributed by atoms with Gasteiger partial charge in [0, 0.05) is 25.9 Å². The number of hydrogen-bond donors (Lipinski definition) is 1. The lowest BCUT2D eigenvalue weighted by Gasteiger charge is -2.21. The van der Waals surface area contributed by atoms with Crippen LogP contribution >= 0.6 is 0 Å². The highest BCUT2D eigenvalue weighted by Gasteiger charge is 2.41. The highest BCUT2D eigenvalue weighted by Crippen LogP contribution is 2.44. The molecule has 0 radical (unpaired) electrons. The van der Waals surface area contributed by atoms with Gasteiger partial charge in [0.1, 0.15) is 5.82 Å².